The quantitative estimate of drug-likeness (QED) is 0.712. The average molecular weight is 204 g/mol. The van der Waals surface area contributed by atoms with E-state index in [0.29, 0.717) is 6.04 Å². The summed E-state index contributed by atoms with van der Waals surface area (Å²) < 4.78 is 0. The van der Waals surface area contributed by atoms with Crippen molar-refractivity contribution in [1.82, 2.24) is 0 Å². The highest BCUT2D eigenvalue weighted by molar-refractivity contribution is 5.67. The molecule has 1 aromatic carbocycles. The number of anilines is 2. The number of nitrogens with two attached hydrogens (primary N) is 1. The third-order valence-electron chi connectivity index (χ3n) is 3.30. The molecule has 1 saturated heterocycles. The summed E-state index contributed by atoms with van der Waals surface area (Å²) in [5.74, 6) is 0. The smallest absolute Gasteiger partial charge is 0.0602 e. The van der Waals surface area contributed by atoms with Crippen molar-refractivity contribution in [3.05, 3.63) is 24.3 Å². The van der Waals surface area contributed by atoms with Gasteiger partial charge in [0.2, 0.25) is 0 Å². The van der Waals surface area contributed by atoms with Crippen LogP contribution in [0.3, 0.4) is 0 Å². The van der Waals surface area contributed by atoms with E-state index in [1.165, 1.54) is 31.4 Å². The van der Waals surface area contributed by atoms with Gasteiger partial charge in [0.15, 0.2) is 0 Å². The molecule has 0 amide bonds. The van der Waals surface area contributed by atoms with Crippen LogP contribution in [0.25, 0.3) is 0 Å². The lowest BCUT2D eigenvalue weighted by Crippen LogP contribution is -2.32. The predicted molar refractivity (Wildman–Crippen MR) is 66.1 cm³/mol. The lowest BCUT2D eigenvalue weighted by atomic mass is 10.1. The molecule has 2 N–H and O–H groups in total. The van der Waals surface area contributed by atoms with Gasteiger partial charge >= 0.3 is 0 Å². The zero-order valence-electron chi connectivity index (χ0n) is 9.45. The summed E-state index contributed by atoms with van der Waals surface area (Å²) in [7, 11) is 0. The number of para-hydroxylation sites is 2. The highest BCUT2D eigenvalue weighted by Crippen LogP contribution is 2.28. The van der Waals surface area contributed by atoms with Crippen LogP contribution in [0, 0.1) is 0 Å². The first kappa shape index (κ1) is 10.3. The molecule has 1 aliphatic rings. The summed E-state index contributed by atoms with van der Waals surface area (Å²) in [6.45, 7) is 3.45. The highest BCUT2D eigenvalue weighted by Gasteiger charge is 2.18. The van der Waals surface area contributed by atoms with Crippen molar-refractivity contribution >= 4 is 11.4 Å². The zero-order chi connectivity index (χ0) is 10.7. The molecule has 1 unspecified atom stereocenters. The molecule has 1 aliphatic heterocycles. The first-order valence-electron chi connectivity index (χ1n) is 5.90. The van der Waals surface area contributed by atoms with E-state index in [9.17, 15) is 0 Å². The van der Waals surface area contributed by atoms with Crippen molar-refractivity contribution in [2.45, 2.75) is 38.6 Å². The van der Waals surface area contributed by atoms with E-state index in [4.69, 9.17) is 5.73 Å². The highest BCUT2D eigenvalue weighted by atomic mass is 15.2. The summed E-state index contributed by atoms with van der Waals surface area (Å²) in [6, 6.07) is 8.83. The third-order valence-corrected chi connectivity index (χ3v) is 3.30. The second kappa shape index (κ2) is 4.56. The van der Waals surface area contributed by atoms with Gasteiger partial charge in [-0.05, 0) is 31.9 Å². The SMILES string of the molecule is CC1CCCCCN1c1ccccc1N. The maximum absolute atomic E-state index is 6.02. The molecule has 0 radical (unpaired) electrons. The second-order valence-corrected chi connectivity index (χ2v) is 4.45. The van der Waals surface area contributed by atoms with Crippen molar-refractivity contribution in [2.24, 2.45) is 0 Å². The minimum atomic E-state index is 0.622. The first-order chi connectivity index (χ1) is 7.29. The summed E-state index contributed by atoms with van der Waals surface area (Å²) in [5.41, 5.74) is 8.15. The van der Waals surface area contributed by atoms with Gasteiger partial charge in [0, 0.05) is 12.6 Å². The normalized spacial score (nSPS) is 22.5. The van der Waals surface area contributed by atoms with E-state index in [2.05, 4.69) is 24.0 Å². The largest absolute Gasteiger partial charge is 0.397 e. The molecule has 0 aromatic heterocycles. The Morgan fingerprint density at radius 2 is 2.00 bits per heavy atom. The first-order valence-corrected chi connectivity index (χ1v) is 5.90. The molecule has 2 rings (SSSR count). The van der Waals surface area contributed by atoms with Gasteiger partial charge in [0.1, 0.15) is 0 Å². The fourth-order valence-corrected chi connectivity index (χ4v) is 2.38. The molecule has 15 heavy (non-hydrogen) atoms. The molecule has 1 heterocycles. The minimum absolute atomic E-state index is 0.622. The molecule has 82 valence electrons. The van der Waals surface area contributed by atoms with Gasteiger partial charge in [0.05, 0.1) is 11.4 Å². The monoisotopic (exact) mass is 204 g/mol. The van der Waals surface area contributed by atoms with Gasteiger partial charge in [0.25, 0.3) is 0 Å². The molecular weight excluding hydrogens is 184 g/mol. The van der Waals surface area contributed by atoms with Crippen molar-refractivity contribution in [3.8, 4) is 0 Å². The predicted octanol–water partition coefficient (Wildman–Crippen LogP) is 3.04. The Balaban J connectivity index is 2.24. The van der Waals surface area contributed by atoms with Crippen molar-refractivity contribution in [1.29, 1.82) is 0 Å². The molecule has 0 aliphatic carbocycles. The fraction of sp³-hybridized carbons (Fsp3) is 0.538. The van der Waals surface area contributed by atoms with Crippen LogP contribution in [-0.2, 0) is 0 Å². The number of benzene rings is 1. The Hall–Kier alpha value is -1.18. The number of nitrogen functional groups attached to an aromatic ring is 1. The van der Waals surface area contributed by atoms with Crippen LogP contribution in [-0.4, -0.2) is 12.6 Å². The van der Waals surface area contributed by atoms with Crippen LogP contribution in [0.2, 0.25) is 0 Å². The number of hydrogen-bond donors (Lipinski definition) is 1. The molecule has 2 nitrogen and oxygen atoms in total. The van der Waals surface area contributed by atoms with Crippen molar-refractivity contribution in [2.75, 3.05) is 17.2 Å². The van der Waals surface area contributed by atoms with Gasteiger partial charge in [-0.1, -0.05) is 25.0 Å². The summed E-state index contributed by atoms with van der Waals surface area (Å²) in [5, 5.41) is 0. The minimum Gasteiger partial charge on any atom is -0.397 e. The Morgan fingerprint density at radius 3 is 2.80 bits per heavy atom. The van der Waals surface area contributed by atoms with Crippen molar-refractivity contribution < 1.29 is 0 Å². The van der Waals surface area contributed by atoms with E-state index < -0.39 is 0 Å². The fourth-order valence-electron chi connectivity index (χ4n) is 2.38. The summed E-state index contributed by atoms with van der Waals surface area (Å²) in [4.78, 5) is 2.46. The Bertz CT molecular complexity index is 322. The molecule has 1 aromatic rings. The Morgan fingerprint density at radius 1 is 1.20 bits per heavy atom. The van der Waals surface area contributed by atoms with Crippen LogP contribution in [0.4, 0.5) is 11.4 Å². The molecule has 0 spiro atoms. The van der Waals surface area contributed by atoms with Crippen LogP contribution in [0.15, 0.2) is 24.3 Å². The molecule has 0 bridgehead atoms. The van der Waals surface area contributed by atoms with Crippen molar-refractivity contribution in [3.63, 3.8) is 0 Å². The number of nitrogens with zero attached hydrogens (tertiary/aromatic N) is 1. The summed E-state index contributed by atoms with van der Waals surface area (Å²) in [6.07, 6.45) is 5.28. The van der Waals surface area contributed by atoms with E-state index in [0.717, 1.165) is 12.2 Å². The third kappa shape index (κ3) is 2.25. The van der Waals surface area contributed by atoms with E-state index in [-0.39, 0.29) is 0 Å². The molecular formula is C13H20N2. The Labute approximate surface area is 92.1 Å². The maximum Gasteiger partial charge on any atom is 0.0602 e. The topological polar surface area (TPSA) is 29.3 Å². The molecule has 0 saturated carbocycles. The van der Waals surface area contributed by atoms with Gasteiger partial charge in [-0.25, -0.2) is 0 Å². The summed E-state index contributed by atoms with van der Waals surface area (Å²) >= 11 is 0. The Kier molecular flexibility index (Phi) is 3.14. The number of rotatable bonds is 1. The van der Waals surface area contributed by atoms with Gasteiger partial charge in [-0.3, -0.25) is 0 Å². The molecule has 1 fully saturated rings. The zero-order valence-corrected chi connectivity index (χ0v) is 9.45. The van der Waals surface area contributed by atoms with E-state index in [1.807, 2.05) is 12.1 Å². The van der Waals surface area contributed by atoms with E-state index >= 15 is 0 Å². The van der Waals surface area contributed by atoms with Crippen LogP contribution < -0.4 is 10.6 Å². The second-order valence-electron chi connectivity index (χ2n) is 4.45. The van der Waals surface area contributed by atoms with Crippen LogP contribution in [0.1, 0.15) is 32.6 Å². The van der Waals surface area contributed by atoms with Gasteiger partial charge in [-0.15, -0.1) is 0 Å². The standard InChI is InChI=1S/C13H20N2/c1-11-7-3-2-6-10-15(11)13-9-5-4-8-12(13)14/h4-5,8-9,11H,2-3,6-7,10,14H2,1H3. The van der Waals surface area contributed by atoms with Crippen LogP contribution >= 0.6 is 0 Å². The van der Waals surface area contributed by atoms with E-state index in [1.54, 1.807) is 0 Å². The number of hydrogen-bond acceptors (Lipinski definition) is 2. The lowest BCUT2D eigenvalue weighted by Gasteiger charge is -2.30. The lowest BCUT2D eigenvalue weighted by molar-refractivity contribution is 0.617. The molecule has 1 atom stereocenters. The van der Waals surface area contributed by atoms with Crippen LogP contribution in [0.5, 0.6) is 0 Å². The van der Waals surface area contributed by atoms with Gasteiger partial charge < -0.3 is 10.6 Å². The molecule has 2 heteroatoms. The van der Waals surface area contributed by atoms with Gasteiger partial charge in [-0.2, -0.15) is 0 Å². The average Bonchev–Trinajstić information content (AvgIpc) is 2.44. The maximum atomic E-state index is 6.02.